The van der Waals surface area contributed by atoms with E-state index in [1.807, 2.05) is 0 Å². The highest BCUT2D eigenvalue weighted by molar-refractivity contribution is 7.99. The van der Waals surface area contributed by atoms with E-state index < -0.39 is 5.97 Å². The smallest absolute Gasteiger partial charge is 0.338 e. The lowest BCUT2D eigenvalue weighted by Gasteiger charge is -2.03. The van der Waals surface area contributed by atoms with Crippen molar-refractivity contribution in [2.75, 3.05) is 5.75 Å². The molecule has 1 saturated carbocycles. The van der Waals surface area contributed by atoms with Crippen LogP contribution in [0.3, 0.4) is 0 Å². The van der Waals surface area contributed by atoms with Gasteiger partial charge >= 0.3 is 5.97 Å². The first-order valence-corrected chi connectivity index (χ1v) is 6.07. The van der Waals surface area contributed by atoms with Crippen LogP contribution >= 0.6 is 11.8 Å². The largest absolute Gasteiger partial charge is 0.478 e. The van der Waals surface area contributed by atoms with E-state index in [-0.39, 0.29) is 0 Å². The number of carboxylic acid groups (broad SMARTS) is 1. The van der Waals surface area contributed by atoms with Crippen LogP contribution in [0.1, 0.15) is 29.6 Å². The highest BCUT2D eigenvalue weighted by Crippen LogP contribution is 2.34. The van der Waals surface area contributed by atoms with E-state index in [0.29, 0.717) is 10.6 Å². The average Bonchev–Trinajstić information content (AvgIpc) is 3.02. The Morgan fingerprint density at radius 1 is 1.60 bits per heavy atom. The molecule has 0 saturated heterocycles. The SMILES string of the molecule is O=C(O)c1cccnc1SCCC1CC1. The molecule has 3 nitrogen and oxygen atoms in total. The molecule has 1 aromatic rings. The Bertz CT molecular complexity index is 363. The van der Waals surface area contributed by atoms with Crippen LogP contribution in [0.15, 0.2) is 23.4 Å². The number of carboxylic acids is 1. The second-order valence-corrected chi connectivity index (χ2v) is 4.83. The van der Waals surface area contributed by atoms with Crippen LogP contribution in [0.25, 0.3) is 0 Å². The topological polar surface area (TPSA) is 50.2 Å². The molecule has 2 rings (SSSR count). The van der Waals surface area contributed by atoms with Crippen molar-refractivity contribution in [1.29, 1.82) is 0 Å². The lowest BCUT2D eigenvalue weighted by atomic mass is 10.3. The Morgan fingerprint density at radius 3 is 3.07 bits per heavy atom. The molecule has 1 heterocycles. The summed E-state index contributed by atoms with van der Waals surface area (Å²) < 4.78 is 0. The molecule has 15 heavy (non-hydrogen) atoms. The first-order chi connectivity index (χ1) is 7.27. The molecule has 0 spiro atoms. The fourth-order valence-corrected chi connectivity index (χ4v) is 2.49. The van der Waals surface area contributed by atoms with Gasteiger partial charge in [0.1, 0.15) is 5.03 Å². The molecule has 0 bridgehead atoms. The summed E-state index contributed by atoms with van der Waals surface area (Å²) in [5.74, 6) is 0.966. The van der Waals surface area contributed by atoms with Gasteiger partial charge in [0.25, 0.3) is 0 Å². The van der Waals surface area contributed by atoms with Crippen molar-refractivity contribution >= 4 is 17.7 Å². The Morgan fingerprint density at radius 2 is 2.40 bits per heavy atom. The van der Waals surface area contributed by atoms with Crippen LogP contribution in [0.4, 0.5) is 0 Å². The molecule has 0 radical (unpaired) electrons. The minimum Gasteiger partial charge on any atom is -0.478 e. The van der Waals surface area contributed by atoms with Crippen molar-refractivity contribution in [3.05, 3.63) is 23.9 Å². The van der Waals surface area contributed by atoms with E-state index in [2.05, 4.69) is 4.98 Å². The van der Waals surface area contributed by atoms with Crippen LogP contribution in [0, 0.1) is 5.92 Å². The molecule has 4 heteroatoms. The Kier molecular flexibility index (Phi) is 3.26. The number of nitrogens with zero attached hydrogens (tertiary/aromatic N) is 1. The van der Waals surface area contributed by atoms with Gasteiger partial charge in [0.15, 0.2) is 0 Å². The number of thioether (sulfide) groups is 1. The maximum atomic E-state index is 10.9. The van der Waals surface area contributed by atoms with Crippen LogP contribution < -0.4 is 0 Å². The molecule has 0 unspecified atom stereocenters. The molecule has 0 aromatic carbocycles. The van der Waals surface area contributed by atoms with E-state index in [4.69, 9.17) is 5.11 Å². The van der Waals surface area contributed by atoms with Crippen molar-refractivity contribution in [3.63, 3.8) is 0 Å². The first-order valence-electron chi connectivity index (χ1n) is 5.08. The number of hydrogen-bond acceptors (Lipinski definition) is 3. The summed E-state index contributed by atoms with van der Waals surface area (Å²) in [6.45, 7) is 0. The van der Waals surface area contributed by atoms with Gasteiger partial charge in [-0.25, -0.2) is 9.78 Å². The second-order valence-electron chi connectivity index (χ2n) is 3.74. The summed E-state index contributed by atoms with van der Waals surface area (Å²) in [6.07, 6.45) is 5.51. The zero-order chi connectivity index (χ0) is 10.7. The standard InChI is InChI=1S/C11H13NO2S/c13-11(14)9-2-1-6-12-10(9)15-7-5-8-3-4-8/h1-2,6,8H,3-5,7H2,(H,13,14). The number of aromatic carboxylic acids is 1. The van der Waals surface area contributed by atoms with Gasteiger partial charge in [0.05, 0.1) is 5.56 Å². The summed E-state index contributed by atoms with van der Waals surface area (Å²) in [7, 11) is 0. The van der Waals surface area contributed by atoms with Crippen molar-refractivity contribution in [2.24, 2.45) is 5.92 Å². The second kappa shape index (κ2) is 4.66. The molecular formula is C11H13NO2S. The predicted molar refractivity (Wildman–Crippen MR) is 59.3 cm³/mol. The number of carbonyl (C=O) groups is 1. The minimum absolute atomic E-state index is 0.318. The summed E-state index contributed by atoms with van der Waals surface area (Å²) in [6, 6.07) is 3.27. The van der Waals surface area contributed by atoms with Crippen molar-refractivity contribution in [2.45, 2.75) is 24.3 Å². The van der Waals surface area contributed by atoms with Gasteiger partial charge < -0.3 is 5.11 Å². The lowest BCUT2D eigenvalue weighted by Crippen LogP contribution is -2.00. The highest BCUT2D eigenvalue weighted by Gasteiger charge is 2.21. The third-order valence-corrected chi connectivity index (χ3v) is 3.50. The zero-order valence-electron chi connectivity index (χ0n) is 8.35. The molecule has 1 N–H and O–H groups in total. The zero-order valence-corrected chi connectivity index (χ0v) is 9.17. The van der Waals surface area contributed by atoms with Crippen LogP contribution in [0.2, 0.25) is 0 Å². The van der Waals surface area contributed by atoms with Crippen molar-refractivity contribution in [1.82, 2.24) is 4.98 Å². The summed E-state index contributed by atoms with van der Waals surface area (Å²) in [5, 5.41) is 9.58. The van der Waals surface area contributed by atoms with E-state index in [9.17, 15) is 4.79 Å². The van der Waals surface area contributed by atoms with E-state index in [1.165, 1.54) is 19.3 Å². The maximum absolute atomic E-state index is 10.9. The minimum atomic E-state index is -0.892. The first kappa shape index (κ1) is 10.5. The molecule has 1 aliphatic rings. The molecular weight excluding hydrogens is 210 g/mol. The fourth-order valence-electron chi connectivity index (χ4n) is 1.40. The lowest BCUT2D eigenvalue weighted by molar-refractivity contribution is 0.0692. The molecule has 0 amide bonds. The molecule has 80 valence electrons. The monoisotopic (exact) mass is 223 g/mol. The number of aromatic nitrogens is 1. The predicted octanol–water partition coefficient (Wildman–Crippen LogP) is 2.67. The molecule has 0 aliphatic heterocycles. The van der Waals surface area contributed by atoms with Crippen molar-refractivity contribution < 1.29 is 9.90 Å². The Balaban J connectivity index is 1.95. The fraction of sp³-hybridized carbons (Fsp3) is 0.455. The van der Waals surface area contributed by atoms with Crippen LogP contribution in [-0.4, -0.2) is 21.8 Å². The Labute approximate surface area is 92.9 Å². The molecule has 1 aliphatic carbocycles. The molecule has 1 fully saturated rings. The van der Waals surface area contributed by atoms with Crippen LogP contribution in [-0.2, 0) is 0 Å². The average molecular weight is 223 g/mol. The Hall–Kier alpha value is -1.03. The van der Waals surface area contributed by atoms with E-state index in [1.54, 1.807) is 30.1 Å². The number of hydrogen-bond donors (Lipinski definition) is 1. The highest BCUT2D eigenvalue weighted by atomic mass is 32.2. The van der Waals surface area contributed by atoms with Gasteiger partial charge in [-0.3, -0.25) is 0 Å². The van der Waals surface area contributed by atoms with Gasteiger partial charge in [-0.05, 0) is 30.2 Å². The van der Waals surface area contributed by atoms with Gasteiger partial charge in [-0.15, -0.1) is 11.8 Å². The maximum Gasteiger partial charge on any atom is 0.338 e. The number of rotatable bonds is 5. The summed E-state index contributed by atoms with van der Waals surface area (Å²) in [5.41, 5.74) is 0.318. The summed E-state index contributed by atoms with van der Waals surface area (Å²) >= 11 is 1.55. The van der Waals surface area contributed by atoms with Crippen LogP contribution in [0.5, 0.6) is 0 Å². The normalized spacial score (nSPS) is 15.2. The molecule has 1 aromatic heterocycles. The van der Waals surface area contributed by atoms with Gasteiger partial charge in [0.2, 0.25) is 0 Å². The summed E-state index contributed by atoms with van der Waals surface area (Å²) in [4.78, 5) is 15.0. The quantitative estimate of drug-likeness (QED) is 0.780. The van der Waals surface area contributed by atoms with E-state index in [0.717, 1.165) is 11.7 Å². The van der Waals surface area contributed by atoms with E-state index >= 15 is 0 Å². The molecule has 0 atom stereocenters. The van der Waals surface area contributed by atoms with Crippen molar-refractivity contribution in [3.8, 4) is 0 Å². The third kappa shape index (κ3) is 2.96. The third-order valence-electron chi connectivity index (χ3n) is 2.46. The number of pyridine rings is 1. The van der Waals surface area contributed by atoms with Gasteiger partial charge in [0, 0.05) is 6.20 Å². The van der Waals surface area contributed by atoms with Gasteiger partial charge in [-0.2, -0.15) is 0 Å². The van der Waals surface area contributed by atoms with Gasteiger partial charge in [-0.1, -0.05) is 12.8 Å².